The number of nitrogens with zero attached hydrogens (tertiary/aromatic N) is 4. The van der Waals surface area contributed by atoms with E-state index in [1.165, 1.54) is 11.6 Å². The zero-order valence-electron chi connectivity index (χ0n) is 15.8. The van der Waals surface area contributed by atoms with E-state index in [2.05, 4.69) is 9.97 Å². The standard InChI is InChI=1S/C18H23N5O4/c1-11-5-7-13(8-6-11)27-10-12(24)9-23-14-15(19-17(23)21(2)3)22(4)18(26)20-16(14)25/h5-8,12,24H,9-10H2,1-4H3,(H,20,25,26). The van der Waals surface area contributed by atoms with Gasteiger partial charge in [-0.2, -0.15) is 4.98 Å². The summed E-state index contributed by atoms with van der Waals surface area (Å²) in [6.07, 6.45) is -0.876. The third-order valence-corrected chi connectivity index (χ3v) is 4.24. The number of ether oxygens (including phenoxy) is 1. The number of hydrogen-bond acceptors (Lipinski definition) is 6. The highest BCUT2D eigenvalue weighted by molar-refractivity contribution is 5.74. The van der Waals surface area contributed by atoms with E-state index >= 15 is 0 Å². The SMILES string of the molecule is Cc1ccc(OCC(O)Cn2c(N(C)C)nc3c2c(=O)[nH]c(=O)n3C)cc1. The average molecular weight is 373 g/mol. The summed E-state index contributed by atoms with van der Waals surface area (Å²) in [6.45, 7) is 2.13. The van der Waals surface area contributed by atoms with Crippen molar-refractivity contribution < 1.29 is 9.84 Å². The van der Waals surface area contributed by atoms with Crippen molar-refractivity contribution in [2.75, 3.05) is 25.6 Å². The summed E-state index contributed by atoms with van der Waals surface area (Å²) in [5.74, 6) is 1.12. The molecule has 0 aliphatic rings. The van der Waals surface area contributed by atoms with Crippen LogP contribution in [0.25, 0.3) is 11.2 Å². The normalized spacial score (nSPS) is 12.3. The van der Waals surface area contributed by atoms with Gasteiger partial charge in [0.25, 0.3) is 5.56 Å². The number of H-pyrrole nitrogens is 1. The Bertz CT molecular complexity index is 1060. The average Bonchev–Trinajstić information content (AvgIpc) is 2.99. The van der Waals surface area contributed by atoms with E-state index < -0.39 is 17.4 Å². The van der Waals surface area contributed by atoms with Crippen LogP contribution in [-0.4, -0.2) is 51.0 Å². The molecular formula is C18H23N5O4. The number of nitrogens with one attached hydrogen (secondary N) is 1. The zero-order valence-corrected chi connectivity index (χ0v) is 15.8. The molecule has 2 N–H and O–H groups in total. The van der Waals surface area contributed by atoms with Crippen LogP contribution in [0.15, 0.2) is 33.9 Å². The Morgan fingerprint density at radius 2 is 1.93 bits per heavy atom. The molecule has 0 bridgehead atoms. The molecule has 0 amide bonds. The summed E-state index contributed by atoms with van der Waals surface area (Å²) < 4.78 is 8.49. The smallest absolute Gasteiger partial charge is 0.329 e. The minimum absolute atomic E-state index is 0.0548. The summed E-state index contributed by atoms with van der Waals surface area (Å²) >= 11 is 0. The molecule has 3 rings (SSSR count). The number of aromatic nitrogens is 4. The van der Waals surface area contributed by atoms with E-state index in [4.69, 9.17) is 4.74 Å². The molecule has 3 aromatic rings. The molecule has 1 atom stereocenters. The van der Waals surface area contributed by atoms with Crippen molar-refractivity contribution in [3.63, 3.8) is 0 Å². The van der Waals surface area contributed by atoms with Crippen molar-refractivity contribution in [2.24, 2.45) is 7.05 Å². The maximum atomic E-state index is 12.3. The summed E-state index contributed by atoms with van der Waals surface area (Å²) in [6, 6.07) is 7.52. The lowest BCUT2D eigenvalue weighted by molar-refractivity contribution is 0.0937. The van der Waals surface area contributed by atoms with Gasteiger partial charge in [0.1, 0.15) is 18.5 Å². The van der Waals surface area contributed by atoms with Gasteiger partial charge in [0.2, 0.25) is 5.95 Å². The van der Waals surface area contributed by atoms with Gasteiger partial charge in [-0.3, -0.25) is 14.3 Å². The molecular weight excluding hydrogens is 350 g/mol. The van der Waals surface area contributed by atoms with Crippen molar-refractivity contribution in [2.45, 2.75) is 19.6 Å². The molecule has 0 saturated heterocycles. The molecule has 1 unspecified atom stereocenters. The lowest BCUT2D eigenvalue weighted by atomic mass is 10.2. The molecule has 0 aliphatic heterocycles. The van der Waals surface area contributed by atoms with E-state index in [-0.39, 0.29) is 24.3 Å². The largest absolute Gasteiger partial charge is 0.491 e. The Balaban J connectivity index is 1.90. The predicted octanol–water partition coefficient (Wildman–Crippen LogP) is 0.238. The lowest BCUT2D eigenvalue weighted by Crippen LogP contribution is -2.31. The Hall–Kier alpha value is -3.07. The van der Waals surface area contributed by atoms with E-state index in [1.807, 2.05) is 31.2 Å². The third-order valence-electron chi connectivity index (χ3n) is 4.24. The second kappa shape index (κ2) is 7.28. The Labute approximate surface area is 155 Å². The van der Waals surface area contributed by atoms with E-state index in [1.54, 1.807) is 23.6 Å². The van der Waals surface area contributed by atoms with Gasteiger partial charge in [-0.05, 0) is 19.1 Å². The van der Waals surface area contributed by atoms with Gasteiger partial charge < -0.3 is 19.3 Å². The first-order valence-corrected chi connectivity index (χ1v) is 8.52. The predicted molar refractivity (Wildman–Crippen MR) is 103 cm³/mol. The first-order valence-electron chi connectivity index (χ1n) is 8.52. The summed E-state index contributed by atoms with van der Waals surface area (Å²) in [4.78, 5) is 32.5. The highest BCUT2D eigenvalue weighted by Crippen LogP contribution is 2.18. The Kier molecular flexibility index (Phi) is 5.04. The molecule has 0 radical (unpaired) electrons. The molecule has 0 saturated carbocycles. The van der Waals surface area contributed by atoms with Gasteiger partial charge in [-0.1, -0.05) is 17.7 Å². The van der Waals surface area contributed by atoms with Crippen molar-refractivity contribution in [3.8, 4) is 5.75 Å². The first-order chi connectivity index (χ1) is 12.8. The third kappa shape index (κ3) is 3.72. The van der Waals surface area contributed by atoms with E-state index in [0.29, 0.717) is 11.7 Å². The number of aliphatic hydroxyl groups excluding tert-OH is 1. The van der Waals surface area contributed by atoms with Crippen LogP contribution in [0.4, 0.5) is 5.95 Å². The van der Waals surface area contributed by atoms with Crippen LogP contribution in [0.3, 0.4) is 0 Å². The molecule has 1 aromatic carbocycles. The first kappa shape index (κ1) is 18.7. The van der Waals surface area contributed by atoms with Gasteiger partial charge >= 0.3 is 5.69 Å². The summed E-state index contributed by atoms with van der Waals surface area (Å²) in [5.41, 5.74) is 0.536. The number of aliphatic hydroxyl groups is 1. The van der Waals surface area contributed by atoms with E-state index in [9.17, 15) is 14.7 Å². The molecule has 9 nitrogen and oxygen atoms in total. The number of aromatic amines is 1. The maximum Gasteiger partial charge on any atom is 0.329 e. The Morgan fingerprint density at radius 3 is 2.56 bits per heavy atom. The minimum Gasteiger partial charge on any atom is -0.491 e. The second-order valence-corrected chi connectivity index (χ2v) is 6.69. The van der Waals surface area contributed by atoms with Crippen LogP contribution in [0, 0.1) is 6.92 Å². The van der Waals surface area contributed by atoms with Crippen LogP contribution in [-0.2, 0) is 13.6 Å². The van der Waals surface area contributed by atoms with Crippen LogP contribution < -0.4 is 20.9 Å². The van der Waals surface area contributed by atoms with Crippen molar-refractivity contribution in [1.29, 1.82) is 0 Å². The van der Waals surface area contributed by atoms with Gasteiger partial charge in [-0.25, -0.2) is 4.79 Å². The van der Waals surface area contributed by atoms with Crippen molar-refractivity contribution in [1.82, 2.24) is 19.1 Å². The summed E-state index contributed by atoms with van der Waals surface area (Å²) in [7, 11) is 5.09. The van der Waals surface area contributed by atoms with Gasteiger partial charge in [0.05, 0.1) is 6.54 Å². The number of hydrogen-bond donors (Lipinski definition) is 2. The lowest BCUT2D eigenvalue weighted by Gasteiger charge is -2.18. The molecule has 2 aromatic heterocycles. The van der Waals surface area contributed by atoms with Crippen molar-refractivity contribution in [3.05, 3.63) is 50.7 Å². The molecule has 2 heterocycles. The molecule has 27 heavy (non-hydrogen) atoms. The van der Waals surface area contributed by atoms with Crippen LogP contribution in [0.1, 0.15) is 5.56 Å². The Morgan fingerprint density at radius 1 is 1.26 bits per heavy atom. The number of fused-ring (bicyclic) bond motifs is 1. The topological polar surface area (TPSA) is 105 Å². The van der Waals surface area contributed by atoms with E-state index in [0.717, 1.165) is 5.56 Å². The van der Waals surface area contributed by atoms with Gasteiger partial charge in [-0.15, -0.1) is 0 Å². The molecule has 0 spiro atoms. The minimum atomic E-state index is -0.876. The zero-order chi connectivity index (χ0) is 19.7. The van der Waals surface area contributed by atoms with Crippen LogP contribution in [0.5, 0.6) is 5.75 Å². The highest BCUT2D eigenvalue weighted by Gasteiger charge is 2.20. The monoisotopic (exact) mass is 373 g/mol. The fourth-order valence-corrected chi connectivity index (χ4v) is 2.83. The van der Waals surface area contributed by atoms with Crippen LogP contribution in [0.2, 0.25) is 0 Å². The number of rotatable bonds is 6. The molecule has 144 valence electrons. The van der Waals surface area contributed by atoms with Crippen molar-refractivity contribution >= 4 is 17.1 Å². The number of aryl methyl sites for hydroxylation is 2. The highest BCUT2D eigenvalue weighted by atomic mass is 16.5. The molecule has 0 fully saturated rings. The van der Waals surface area contributed by atoms with Gasteiger partial charge in [0.15, 0.2) is 11.2 Å². The number of imidazole rings is 1. The summed E-state index contributed by atoms with van der Waals surface area (Å²) in [5, 5.41) is 10.4. The van der Waals surface area contributed by atoms with Gasteiger partial charge in [0, 0.05) is 21.1 Å². The fraction of sp³-hybridized carbons (Fsp3) is 0.389. The quantitative estimate of drug-likeness (QED) is 0.641. The number of benzene rings is 1. The molecule has 0 aliphatic carbocycles. The molecule has 9 heteroatoms. The second-order valence-electron chi connectivity index (χ2n) is 6.69. The van der Waals surface area contributed by atoms with Crippen LogP contribution >= 0.6 is 0 Å². The number of anilines is 1. The maximum absolute atomic E-state index is 12.3. The fourth-order valence-electron chi connectivity index (χ4n) is 2.83.